The number of hydrogen-bond acceptors (Lipinski definition) is 5. The molecular weight excluding hydrogens is 266 g/mol. The molecule has 0 unspecified atom stereocenters. The minimum Gasteiger partial charge on any atom is -0.454 e. The molecule has 0 fully saturated rings. The van der Waals surface area contributed by atoms with Crippen LogP contribution in [0.3, 0.4) is 0 Å². The van der Waals surface area contributed by atoms with Crippen molar-refractivity contribution in [1.82, 2.24) is 10.2 Å². The van der Waals surface area contributed by atoms with Crippen molar-refractivity contribution in [3.63, 3.8) is 0 Å². The summed E-state index contributed by atoms with van der Waals surface area (Å²) in [5, 5.41) is 13.7. The van der Waals surface area contributed by atoms with Gasteiger partial charge in [0, 0.05) is 17.3 Å². The third-order valence-corrected chi connectivity index (χ3v) is 3.47. The van der Waals surface area contributed by atoms with Crippen molar-refractivity contribution in [1.29, 1.82) is 0 Å². The van der Waals surface area contributed by atoms with Crippen molar-refractivity contribution in [2.24, 2.45) is 0 Å². The molecule has 1 aliphatic heterocycles. The minimum atomic E-state index is 0.293. The van der Waals surface area contributed by atoms with Crippen LogP contribution in [-0.4, -0.2) is 17.0 Å². The van der Waals surface area contributed by atoms with E-state index in [4.69, 9.17) is 9.47 Å². The normalized spacial score (nSPS) is 12.6. The smallest absolute Gasteiger partial charge is 0.231 e. The maximum absolute atomic E-state index is 5.38. The molecule has 5 heteroatoms. The van der Waals surface area contributed by atoms with E-state index in [1.165, 1.54) is 0 Å². The van der Waals surface area contributed by atoms with Gasteiger partial charge in [-0.2, -0.15) is 5.10 Å². The number of fused-ring (bicyclic) bond motifs is 2. The zero-order valence-electron chi connectivity index (χ0n) is 11.2. The van der Waals surface area contributed by atoms with Gasteiger partial charge in [-0.05, 0) is 17.7 Å². The maximum Gasteiger partial charge on any atom is 0.231 e. The summed E-state index contributed by atoms with van der Waals surface area (Å²) in [6.07, 6.45) is 1.76. The zero-order chi connectivity index (χ0) is 14.1. The van der Waals surface area contributed by atoms with E-state index in [1.54, 1.807) is 6.20 Å². The molecule has 0 amide bonds. The van der Waals surface area contributed by atoms with Crippen LogP contribution in [0.15, 0.2) is 48.7 Å². The Bertz CT molecular complexity index is 799. The van der Waals surface area contributed by atoms with E-state index in [0.29, 0.717) is 13.3 Å². The summed E-state index contributed by atoms with van der Waals surface area (Å²) in [4.78, 5) is 0. The van der Waals surface area contributed by atoms with E-state index in [0.717, 1.165) is 33.7 Å². The monoisotopic (exact) mass is 279 g/mol. The lowest BCUT2D eigenvalue weighted by Crippen LogP contribution is -2.03. The van der Waals surface area contributed by atoms with Gasteiger partial charge in [0.05, 0.1) is 6.20 Å². The van der Waals surface area contributed by atoms with Crippen LogP contribution in [0.25, 0.3) is 10.8 Å². The van der Waals surface area contributed by atoms with Crippen LogP contribution in [-0.2, 0) is 6.54 Å². The summed E-state index contributed by atoms with van der Waals surface area (Å²) in [7, 11) is 0. The molecule has 0 aliphatic carbocycles. The van der Waals surface area contributed by atoms with Crippen molar-refractivity contribution >= 4 is 16.6 Å². The number of ether oxygens (including phenoxy) is 2. The fourth-order valence-corrected chi connectivity index (χ4v) is 2.40. The predicted octanol–water partition coefficient (Wildman–Crippen LogP) is 2.97. The van der Waals surface area contributed by atoms with Crippen LogP contribution >= 0.6 is 0 Å². The Kier molecular flexibility index (Phi) is 2.81. The molecule has 1 aliphatic rings. The van der Waals surface area contributed by atoms with E-state index >= 15 is 0 Å². The van der Waals surface area contributed by atoms with Crippen molar-refractivity contribution in [2.75, 3.05) is 12.1 Å². The van der Waals surface area contributed by atoms with Gasteiger partial charge in [-0.15, -0.1) is 5.10 Å². The van der Waals surface area contributed by atoms with E-state index in [1.807, 2.05) is 42.5 Å². The highest BCUT2D eigenvalue weighted by Gasteiger charge is 2.13. The van der Waals surface area contributed by atoms with E-state index in [2.05, 4.69) is 15.5 Å². The Labute approximate surface area is 121 Å². The molecular formula is C16H13N3O2. The summed E-state index contributed by atoms with van der Waals surface area (Å²) in [5.74, 6) is 2.37. The molecule has 0 radical (unpaired) electrons. The third kappa shape index (κ3) is 2.23. The second-order valence-corrected chi connectivity index (χ2v) is 4.82. The molecule has 0 bridgehead atoms. The highest BCUT2D eigenvalue weighted by atomic mass is 16.7. The highest BCUT2D eigenvalue weighted by molar-refractivity contribution is 5.90. The Morgan fingerprint density at radius 3 is 2.95 bits per heavy atom. The maximum atomic E-state index is 5.38. The molecule has 104 valence electrons. The number of nitrogens with one attached hydrogen (secondary N) is 1. The van der Waals surface area contributed by atoms with Gasteiger partial charge in [0.15, 0.2) is 17.3 Å². The van der Waals surface area contributed by atoms with Crippen molar-refractivity contribution in [3.05, 3.63) is 54.2 Å². The van der Waals surface area contributed by atoms with Crippen LogP contribution in [0.2, 0.25) is 0 Å². The first-order chi connectivity index (χ1) is 10.4. The number of nitrogens with zero attached hydrogens (tertiary/aromatic N) is 2. The largest absolute Gasteiger partial charge is 0.454 e. The SMILES string of the molecule is c1ccc2c(NCc3ccc4c(c3)OCO4)nncc2c1. The third-order valence-electron chi connectivity index (χ3n) is 3.47. The molecule has 21 heavy (non-hydrogen) atoms. The van der Waals surface area contributed by atoms with Gasteiger partial charge in [-0.3, -0.25) is 0 Å². The van der Waals surface area contributed by atoms with E-state index < -0.39 is 0 Å². The Morgan fingerprint density at radius 2 is 1.95 bits per heavy atom. The van der Waals surface area contributed by atoms with E-state index in [-0.39, 0.29) is 0 Å². The first-order valence-electron chi connectivity index (χ1n) is 6.73. The summed E-state index contributed by atoms with van der Waals surface area (Å²) in [5.41, 5.74) is 1.11. The Balaban J connectivity index is 1.58. The molecule has 5 nitrogen and oxygen atoms in total. The van der Waals surface area contributed by atoms with Gasteiger partial charge in [0.25, 0.3) is 0 Å². The van der Waals surface area contributed by atoms with Crippen LogP contribution in [0.5, 0.6) is 11.5 Å². The van der Waals surface area contributed by atoms with Crippen LogP contribution in [0, 0.1) is 0 Å². The quantitative estimate of drug-likeness (QED) is 0.798. The van der Waals surface area contributed by atoms with Crippen molar-refractivity contribution < 1.29 is 9.47 Å². The van der Waals surface area contributed by atoms with Gasteiger partial charge in [-0.1, -0.05) is 30.3 Å². The van der Waals surface area contributed by atoms with Crippen molar-refractivity contribution in [3.8, 4) is 11.5 Å². The molecule has 3 aromatic rings. The van der Waals surface area contributed by atoms with Crippen molar-refractivity contribution in [2.45, 2.75) is 6.54 Å². The van der Waals surface area contributed by atoms with Crippen LogP contribution in [0.1, 0.15) is 5.56 Å². The molecule has 2 aromatic carbocycles. The number of rotatable bonds is 3. The molecule has 1 aromatic heterocycles. The number of hydrogen-bond donors (Lipinski definition) is 1. The Morgan fingerprint density at radius 1 is 1.05 bits per heavy atom. The lowest BCUT2D eigenvalue weighted by Gasteiger charge is -2.08. The minimum absolute atomic E-state index is 0.293. The van der Waals surface area contributed by atoms with E-state index in [9.17, 15) is 0 Å². The number of anilines is 1. The second-order valence-electron chi connectivity index (χ2n) is 4.82. The topological polar surface area (TPSA) is 56.3 Å². The average Bonchev–Trinajstić information content (AvgIpc) is 3.00. The molecule has 4 rings (SSSR count). The number of aromatic nitrogens is 2. The fraction of sp³-hybridized carbons (Fsp3) is 0.125. The number of benzene rings is 2. The average molecular weight is 279 g/mol. The van der Waals surface area contributed by atoms with Crippen LogP contribution in [0.4, 0.5) is 5.82 Å². The molecule has 1 N–H and O–H groups in total. The lowest BCUT2D eigenvalue weighted by atomic mass is 10.1. The predicted molar refractivity (Wildman–Crippen MR) is 79.4 cm³/mol. The van der Waals surface area contributed by atoms with Crippen LogP contribution < -0.4 is 14.8 Å². The summed E-state index contributed by atoms with van der Waals surface area (Å²) < 4.78 is 10.7. The second kappa shape index (κ2) is 4.94. The molecule has 0 spiro atoms. The van der Waals surface area contributed by atoms with Gasteiger partial charge >= 0.3 is 0 Å². The summed E-state index contributed by atoms with van der Waals surface area (Å²) >= 11 is 0. The van der Waals surface area contributed by atoms with Gasteiger partial charge in [-0.25, -0.2) is 0 Å². The molecule has 0 saturated heterocycles. The summed E-state index contributed by atoms with van der Waals surface area (Å²) in [6, 6.07) is 14.0. The molecule has 0 saturated carbocycles. The highest BCUT2D eigenvalue weighted by Crippen LogP contribution is 2.32. The first-order valence-corrected chi connectivity index (χ1v) is 6.73. The van der Waals surface area contributed by atoms with Gasteiger partial charge in [0.1, 0.15) is 0 Å². The lowest BCUT2D eigenvalue weighted by molar-refractivity contribution is 0.174. The fourth-order valence-electron chi connectivity index (χ4n) is 2.40. The standard InChI is InChI=1S/C16H13N3O2/c1-2-4-13-12(3-1)9-18-19-16(13)17-8-11-5-6-14-15(7-11)21-10-20-14/h1-7,9H,8,10H2,(H,17,19). The zero-order valence-corrected chi connectivity index (χ0v) is 11.2. The molecule has 0 atom stereocenters. The molecule has 2 heterocycles. The first kappa shape index (κ1) is 12.0. The Hall–Kier alpha value is -2.82. The van der Waals surface area contributed by atoms with Gasteiger partial charge in [0.2, 0.25) is 6.79 Å². The summed E-state index contributed by atoms with van der Waals surface area (Å²) in [6.45, 7) is 0.945. The van der Waals surface area contributed by atoms with Gasteiger partial charge < -0.3 is 14.8 Å².